The van der Waals surface area contributed by atoms with Gasteiger partial charge in [0.2, 0.25) is 5.91 Å². The summed E-state index contributed by atoms with van der Waals surface area (Å²) < 4.78 is 18.0. The summed E-state index contributed by atoms with van der Waals surface area (Å²) in [6.45, 7) is 0.246. The molecule has 1 amide bonds. The van der Waals surface area contributed by atoms with Crippen molar-refractivity contribution >= 4 is 11.9 Å². The van der Waals surface area contributed by atoms with Crippen LogP contribution in [0.15, 0.2) is 42.5 Å². The van der Waals surface area contributed by atoms with Crippen LogP contribution in [0.3, 0.4) is 0 Å². The van der Waals surface area contributed by atoms with E-state index in [-0.39, 0.29) is 41.4 Å². The number of hydrogen-bond donors (Lipinski definition) is 2. The van der Waals surface area contributed by atoms with Gasteiger partial charge >= 0.3 is 5.97 Å². The van der Waals surface area contributed by atoms with E-state index < -0.39 is 5.97 Å². The molecule has 0 unspecified atom stereocenters. The third-order valence-corrected chi connectivity index (χ3v) is 4.39. The lowest BCUT2D eigenvalue weighted by Gasteiger charge is -2.09. The third-order valence-electron chi connectivity index (χ3n) is 4.39. The Morgan fingerprint density at radius 2 is 1.96 bits per heavy atom. The standard InChI is InChI=1S/C19H18FNO4/c1-25-17-7-2-11(8-16(17)19(23)24)10-21-18(22)15-9-14(15)12-3-5-13(20)6-4-12/h2-8,14-15H,9-10H2,1H3,(H,21,22)(H,23,24)/t14-,15-/m1/s1. The molecule has 2 N–H and O–H groups in total. The van der Waals surface area contributed by atoms with Crippen molar-refractivity contribution in [3.8, 4) is 5.75 Å². The molecular formula is C19H18FNO4. The van der Waals surface area contributed by atoms with Gasteiger partial charge in [-0.3, -0.25) is 4.79 Å². The Labute approximate surface area is 144 Å². The van der Waals surface area contributed by atoms with Crippen LogP contribution in [0.4, 0.5) is 4.39 Å². The highest BCUT2D eigenvalue weighted by Crippen LogP contribution is 2.47. The van der Waals surface area contributed by atoms with E-state index in [0.29, 0.717) is 5.56 Å². The summed E-state index contributed by atoms with van der Waals surface area (Å²) in [5.41, 5.74) is 1.70. The molecule has 6 heteroatoms. The number of methoxy groups -OCH3 is 1. The minimum absolute atomic E-state index is 0.0601. The summed E-state index contributed by atoms with van der Waals surface area (Å²) >= 11 is 0. The maximum atomic E-state index is 12.9. The van der Waals surface area contributed by atoms with Crippen LogP contribution in [-0.4, -0.2) is 24.1 Å². The zero-order valence-electron chi connectivity index (χ0n) is 13.7. The molecule has 1 saturated carbocycles. The molecule has 2 aromatic rings. The average molecular weight is 343 g/mol. The smallest absolute Gasteiger partial charge is 0.339 e. The van der Waals surface area contributed by atoms with E-state index in [1.54, 1.807) is 24.3 Å². The Balaban J connectivity index is 1.59. The summed E-state index contributed by atoms with van der Waals surface area (Å²) in [4.78, 5) is 23.5. The van der Waals surface area contributed by atoms with Crippen LogP contribution in [0.5, 0.6) is 5.75 Å². The van der Waals surface area contributed by atoms with Crippen molar-refractivity contribution in [3.63, 3.8) is 0 Å². The molecule has 1 aliphatic carbocycles. The summed E-state index contributed by atoms with van der Waals surface area (Å²) in [6, 6.07) is 11.0. The van der Waals surface area contributed by atoms with Crippen molar-refractivity contribution < 1.29 is 23.8 Å². The minimum atomic E-state index is -1.08. The Hall–Kier alpha value is -2.89. The van der Waals surface area contributed by atoms with Gasteiger partial charge in [0.15, 0.2) is 0 Å². The third kappa shape index (κ3) is 3.79. The highest BCUT2D eigenvalue weighted by atomic mass is 19.1. The molecule has 25 heavy (non-hydrogen) atoms. The van der Waals surface area contributed by atoms with Gasteiger partial charge in [-0.25, -0.2) is 9.18 Å². The zero-order chi connectivity index (χ0) is 18.0. The first-order valence-electron chi connectivity index (χ1n) is 7.93. The highest BCUT2D eigenvalue weighted by Gasteiger charge is 2.43. The van der Waals surface area contributed by atoms with Gasteiger partial charge in [0, 0.05) is 12.5 Å². The molecule has 0 aromatic heterocycles. The van der Waals surface area contributed by atoms with Crippen LogP contribution in [0, 0.1) is 11.7 Å². The fraction of sp³-hybridized carbons (Fsp3) is 0.263. The molecule has 0 spiro atoms. The van der Waals surface area contributed by atoms with E-state index in [1.807, 2.05) is 0 Å². The maximum absolute atomic E-state index is 12.9. The summed E-state index contributed by atoms with van der Waals surface area (Å²) in [6.07, 6.45) is 0.737. The summed E-state index contributed by atoms with van der Waals surface area (Å²) in [5, 5.41) is 12.0. The fourth-order valence-corrected chi connectivity index (χ4v) is 2.92. The first kappa shape index (κ1) is 17.0. The second-order valence-corrected chi connectivity index (χ2v) is 6.06. The zero-order valence-corrected chi connectivity index (χ0v) is 13.7. The van der Waals surface area contributed by atoms with Crippen LogP contribution in [0.2, 0.25) is 0 Å². The summed E-state index contributed by atoms with van der Waals surface area (Å²) in [5.74, 6) is -1.18. The largest absolute Gasteiger partial charge is 0.496 e. The van der Waals surface area contributed by atoms with Gasteiger partial charge in [0.25, 0.3) is 0 Å². The van der Waals surface area contributed by atoms with Crippen molar-refractivity contribution in [1.29, 1.82) is 0 Å². The number of amides is 1. The highest BCUT2D eigenvalue weighted by molar-refractivity contribution is 5.91. The second-order valence-electron chi connectivity index (χ2n) is 6.06. The number of carbonyl (C=O) groups excluding carboxylic acids is 1. The number of carboxylic acid groups (broad SMARTS) is 1. The number of hydrogen-bond acceptors (Lipinski definition) is 3. The Kier molecular flexibility index (Phi) is 4.70. The number of benzene rings is 2. The van der Waals surface area contributed by atoms with Crippen LogP contribution >= 0.6 is 0 Å². The predicted octanol–water partition coefficient (Wildman–Crippen LogP) is 2.95. The number of carboxylic acids is 1. The van der Waals surface area contributed by atoms with E-state index in [1.165, 1.54) is 25.3 Å². The molecule has 2 atom stereocenters. The molecule has 0 heterocycles. The van der Waals surface area contributed by atoms with Crippen molar-refractivity contribution in [1.82, 2.24) is 5.32 Å². The Morgan fingerprint density at radius 3 is 2.60 bits per heavy atom. The van der Waals surface area contributed by atoms with E-state index in [9.17, 15) is 19.1 Å². The lowest BCUT2D eigenvalue weighted by atomic mass is 10.1. The topological polar surface area (TPSA) is 75.6 Å². The number of aromatic carboxylic acids is 1. The van der Waals surface area contributed by atoms with Crippen molar-refractivity contribution in [2.24, 2.45) is 5.92 Å². The number of halogens is 1. The molecule has 3 rings (SSSR count). The molecule has 0 aliphatic heterocycles. The van der Waals surface area contributed by atoms with Gasteiger partial charge < -0.3 is 15.2 Å². The SMILES string of the molecule is COc1ccc(CNC(=O)[C@@H]2C[C@@H]2c2ccc(F)cc2)cc1C(=O)O. The lowest BCUT2D eigenvalue weighted by molar-refractivity contribution is -0.122. The normalized spacial score (nSPS) is 18.5. The molecule has 0 radical (unpaired) electrons. The molecule has 2 aromatic carbocycles. The van der Waals surface area contributed by atoms with Crippen molar-refractivity contribution in [2.45, 2.75) is 18.9 Å². The quantitative estimate of drug-likeness (QED) is 0.845. The average Bonchev–Trinajstić information content (AvgIpc) is 3.40. The molecule has 1 fully saturated rings. The predicted molar refractivity (Wildman–Crippen MR) is 89.0 cm³/mol. The lowest BCUT2D eigenvalue weighted by Crippen LogP contribution is -2.25. The molecule has 130 valence electrons. The number of nitrogens with one attached hydrogen (secondary N) is 1. The molecular weight excluding hydrogens is 325 g/mol. The van der Waals surface area contributed by atoms with Crippen LogP contribution in [0.1, 0.15) is 33.8 Å². The van der Waals surface area contributed by atoms with Crippen molar-refractivity contribution in [3.05, 3.63) is 65.0 Å². The summed E-state index contributed by atoms with van der Waals surface area (Å²) in [7, 11) is 1.41. The molecule has 5 nitrogen and oxygen atoms in total. The second kappa shape index (κ2) is 6.93. The fourth-order valence-electron chi connectivity index (χ4n) is 2.92. The van der Waals surface area contributed by atoms with Gasteiger partial charge in [-0.15, -0.1) is 0 Å². The Morgan fingerprint density at radius 1 is 1.24 bits per heavy atom. The van der Waals surface area contributed by atoms with Crippen LogP contribution < -0.4 is 10.1 Å². The number of rotatable bonds is 6. The van der Waals surface area contributed by atoms with Crippen LogP contribution in [0.25, 0.3) is 0 Å². The van der Waals surface area contributed by atoms with Gasteiger partial charge in [0.05, 0.1) is 7.11 Å². The van der Waals surface area contributed by atoms with E-state index in [0.717, 1.165) is 12.0 Å². The molecule has 0 saturated heterocycles. The molecule has 0 bridgehead atoms. The first-order valence-corrected chi connectivity index (χ1v) is 7.93. The van der Waals surface area contributed by atoms with E-state index in [4.69, 9.17) is 4.74 Å². The molecule has 1 aliphatic rings. The van der Waals surface area contributed by atoms with E-state index >= 15 is 0 Å². The van der Waals surface area contributed by atoms with Gasteiger partial charge in [-0.2, -0.15) is 0 Å². The van der Waals surface area contributed by atoms with Crippen molar-refractivity contribution in [2.75, 3.05) is 7.11 Å². The maximum Gasteiger partial charge on any atom is 0.339 e. The van der Waals surface area contributed by atoms with Crippen LogP contribution in [-0.2, 0) is 11.3 Å². The Bertz CT molecular complexity index is 804. The monoisotopic (exact) mass is 343 g/mol. The first-order chi connectivity index (χ1) is 12.0. The number of ether oxygens (including phenoxy) is 1. The van der Waals surface area contributed by atoms with Gasteiger partial charge in [0.1, 0.15) is 17.1 Å². The number of carbonyl (C=O) groups is 2. The van der Waals surface area contributed by atoms with E-state index in [2.05, 4.69) is 5.32 Å². The van der Waals surface area contributed by atoms with Gasteiger partial charge in [-0.1, -0.05) is 18.2 Å². The minimum Gasteiger partial charge on any atom is -0.496 e. The van der Waals surface area contributed by atoms with Gasteiger partial charge in [-0.05, 0) is 47.7 Å².